The van der Waals surface area contributed by atoms with E-state index in [2.05, 4.69) is 31.0 Å². The van der Waals surface area contributed by atoms with E-state index in [1.807, 2.05) is 32.0 Å². The number of benzene rings is 1. The number of hydrogen-bond donors (Lipinski definition) is 1. The van der Waals surface area contributed by atoms with Crippen molar-refractivity contribution in [3.8, 4) is 0 Å². The molecule has 1 saturated heterocycles. The lowest BCUT2D eigenvalue weighted by atomic mass is 9.88. The normalized spacial score (nSPS) is 18.8. The first-order chi connectivity index (χ1) is 9.82. The highest BCUT2D eigenvalue weighted by Gasteiger charge is 2.32. The summed E-state index contributed by atoms with van der Waals surface area (Å²) in [6, 6.07) is 6.60. The molecule has 3 nitrogen and oxygen atoms in total. The zero-order valence-corrected chi connectivity index (χ0v) is 14.0. The first-order valence-electron chi connectivity index (χ1n) is 7.95. The van der Waals surface area contributed by atoms with Crippen molar-refractivity contribution in [2.45, 2.75) is 59.0 Å². The molecule has 1 amide bonds. The van der Waals surface area contributed by atoms with E-state index in [1.54, 1.807) is 0 Å². The molecule has 2 rings (SSSR count). The number of rotatable bonds is 3. The van der Waals surface area contributed by atoms with Crippen molar-refractivity contribution < 1.29 is 4.79 Å². The number of carbonyl (C=O) groups excluding carboxylic acids is 1. The van der Waals surface area contributed by atoms with Gasteiger partial charge in [0.1, 0.15) is 0 Å². The highest BCUT2D eigenvalue weighted by molar-refractivity contribution is 5.97. The molecule has 0 saturated carbocycles. The molecule has 116 valence electrons. The summed E-state index contributed by atoms with van der Waals surface area (Å²) in [7, 11) is 0. The fraction of sp³-hybridized carbons (Fsp3) is 0.611. The van der Waals surface area contributed by atoms with Crippen LogP contribution < -0.4 is 5.32 Å². The van der Waals surface area contributed by atoms with Gasteiger partial charge in [0.05, 0.1) is 0 Å². The van der Waals surface area contributed by atoms with Gasteiger partial charge in [0.2, 0.25) is 0 Å². The summed E-state index contributed by atoms with van der Waals surface area (Å²) in [6.07, 6.45) is 2.03. The number of amides is 1. The largest absolute Gasteiger partial charge is 0.347 e. The number of nitrogens with one attached hydrogen (secondary N) is 1. The molecule has 1 aromatic carbocycles. The molecule has 1 aliphatic rings. The van der Waals surface area contributed by atoms with Crippen molar-refractivity contribution in [1.29, 1.82) is 0 Å². The second-order valence-corrected chi connectivity index (χ2v) is 6.91. The van der Waals surface area contributed by atoms with Gasteiger partial charge in [-0.2, -0.15) is 0 Å². The molecule has 1 aromatic rings. The number of carbonyl (C=O) groups is 1. The molecular formula is C18H28N2O. The van der Waals surface area contributed by atoms with Gasteiger partial charge >= 0.3 is 0 Å². The van der Waals surface area contributed by atoms with Gasteiger partial charge in [0, 0.05) is 30.2 Å². The standard InChI is InChI=1S/C18H28N2O/c1-13(2)20-11-9-18(5,10-12-20)19-17(21)16-14(3)7-6-8-15(16)4/h6-8,13H,9-12H2,1-5H3,(H,19,21). The highest BCUT2D eigenvalue weighted by atomic mass is 16.1. The summed E-state index contributed by atoms with van der Waals surface area (Å²) in [5, 5.41) is 3.29. The summed E-state index contributed by atoms with van der Waals surface area (Å²) in [6.45, 7) is 12.8. The average molecular weight is 288 g/mol. The molecule has 0 atom stereocenters. The van der Waals surface area contributed by atoms with Crippen LogP contribution in [0.25, 0.3) is 0 Å². The fourth-order valence-electron chi connectivity index (χ4n) is 3.17. The van der Waals surface area contributed by atoms with Crippen molar-refractivity contribution in [3.63, 3.8) is 0 Å². The van der Waals surface area contributed by atoms with Crippen LogP contribution in [-0.4, -0.2) is 35.5 Å². The van der Waals surface area contributed by atoms with Gasteiger partial charge in [-0.15, -0.1) is 0 Å². The number of piperidine rings is 1. The topological polar surface area (TPSA) is 32.3 Å². The van der Waals surface area contributed by atoms with Crippen LogP contribution in [0.4, 0.5) is 0 Å². The fourth-order valence-corrected chi connectivity index (χ4v) is 3.17. The Labute approximate surface area is 128 Å². The van der Waals surface area contributed by atoms with Crippen molar-refractivity contribution in [2.24, 2.45) is 0 Å². The van der Waals surface area contributed by atoms with Gasteiger partial charge in [0.25, 0.3) is 5.91 Å². The molecule has 1 N–H and O–H groups in total. The van der Waals surface area contributed by atoms with Gasteiger partial charge in [-0.1, -0.05) is 18.2 Å². The molecule has 0 radical (unpaired) electrons. The quantitative estimate of drug-likeness (QED) is 0.925. The molecule has 0 unspecified atom stereocenters. The molecule has 0 aromatic heterocycles. The monoisotopic (exact) mass is 288 g/mol. The molecule has 3 heteroatoms. The lowest BCUT2D eigenvalue weighted by molar-refractivity contribution is 0.0800. The molecule has 21 heavy (non-hydrogen) atoms. The third-order valence-electron chi connectivity index (χ3n) is 4.76. The van der Waals surface area contributed by atoms with Gasteiger partial charge in [-0.05, 0) is 58.6 Å². The van der Waals surface area contributed by atoms with Crippen molar-refractivity contribution in [3.05, 3.63) is 34.9 Å². The van der Waals surface area contributed by atoms with Gasteiger partial charge in [0.15, 0.2) is 0 Å². The summed E-state index contributed by atoms with van der Waals surface area (Å²) < 4.78 is 0. The molecule has 0 bridgehead atoms. The minimum Gasteiger partial charge on any atom is -0.347 e. The van der Waals surface area contributed by atoms with E-state index in [1.165, 1.54) is 0 Å². The van der Waals surface area contributed by atoms with E-state index in [-0.39, 0.29) is 11.4 Å². The van der Waals surface area contributed by atoms with E-state index in [0.717, 1.165) is 42.6 Å². The number of likely N-dealkylation sites (tertiary alicyclic amines) is 1. The molecule has 0 spiro atoms. The summed E-state index contributed by atoms with van der Waals surface area (Å²) in [5.41, 5.74) is 2.86. The molecule has 1 heterocycles. The van der Waals surface area contributed by atoms with Crippen LogP contribution in [0.5, 0.6) is 0 Å². The SMILES string of the molecule is Cc1cccc(C)c1C(=O)NC1(C)CCN(C(C)C)CC1. The van der Waals surface area contributed by atoms with Crippen LogP contribution in [-0.2, 0) is 0 Å². The van der Waals surface area contributed by atoms with E-state index in [9.17, 15) is 4.79 Å². The van der Waals surface area contributed by atoms with Crippen LogP contribution >= 0.6 is 0 Å². The van der Waals surface area contributed by atoms with Gasteiger partial charge in [-0.3, -0.25) is 4.79 Å². The van der Waals surface area contributed by atoms with Crippen molar-refractivity contribution in [1.82, 2.24) is 10.2 Å². The molecule has 1 fully saturated rings. The Hall–Kier alpha value is -1.35. The Kier molecular flexibility index (Phi) is 4.72. The molecule has 1 aliphatic heterocycles. The number of aryl methyl sites for hydroxylation is 2. The minimum absolute atomic E-state index is 0.0751. The number of nitrogens with zero attached hydrogens (tertiary/aromatic N) is 1. The Morgan fingerprint density at radius 1 is 1.19 bits per heavy atom. The summed E-state index contributed by atoms with van der Waals surface area (Å²) in [5.74, 6) is 0.0751. The second kappa shape index (κ2) is 6.18. The number of hydrogen-bond acceptors (Lipinski definition) is 2. The van der Waals surface area contributed by atoms with Crippen molar-refractivity contribution >= 4 is 5.91 Å². The average Bonchev–Trinajstić information content (AvgIpc) is 2.38. The van der Waals surface area contributed by atoms with E-state index in [0.29, 0.717) is 6.04 Å². The minimum atomic E-state index is -0.0861. The first-order valence-corrected chi connectivity index (χ1v) is 7.95. The Morgan fingerprint density at radius 3 is 2.19 bits per heavy atom. The lowest BCUT2D eigenvalue weighted by Crippen LogP contribution is -2.54. The van der Waals surface area contributed by atoms with Gasteiger partial charge in [-0.25, -0.2) is 0 Å². The van der Waals surface area contributed by atoms with Crippen molar-refractivity contribution in [2.75, 3.05) is 13.1 Å². The maximum absolute atomic E-state index is 12.7. The van der Waals surface area contributed by atoms with Crippen LogP contribution in [0.1, 0.15) is 55.1 Å². The maximum atomic E-state index is 12.7. The molecular weight excluding hydrogens is 260 g/mol. The van der Waals surface area contributed by atoms with Crippen LogP contribution in [0, 0.1) is 13.8 Å². The Balaban J connectivity index is 2.06. The second-order valence-electron chi connectivity index (χ2n) is 6.91. The summed E-state index contributed by atoms with van der Waals surface area (Å²) >= 11 is 0. The highest BCUT2D eigenvalue weighted by Crippen LogP contribution is 2.24. The Bertz CT molecular complexity index is 494. The van der Waals surface area contributed by atoms with E-state index >= 15 is 0 Å². The first kappa shape index (κ1) is 16.0. The predicted octanol–water partition coefficient (Wildman–Crippen LogP) is 3.30. The third kappa shape index (κ3) is 3.65. The third-order valence-corrected chi connectivity index (χ3v) is 4.76. The van der Waals surface area contributed by atoms with Crippen LogP contribution in [0.3, 0.4) is 0 Å². The zero-order valence-electron chi connectivity index (χ0n) is 14.0. The van der Waals surface area contributed by atoms with E-state index < -0.39 is 0 Å². The maximum Gasteiger partial charge on any atom is 0.252 e. The van der Waals surface area contributed by atoms with Gasteiger partial charge < -0.3 is 10.2 Å². The predicted molar refractivity (Wildman–Crippen MR) is 87.7 cm³/mol. The zero-order chi connectivity index (χ0) is 15.6. The van der Waals surface area contributed by atoms with E-state index in [4.69, 9.17) is 0 Å². The Morgan fingerprint density at radius 2 is 1.71 bits per heavy atom. The summed E-state index contributed by atoms with van der Waals surface area (Å²) in [4.78, 5) is 15.1. The lowest BCUT2D eigenvalue weighted by Gasteiger charge is -2.41. The molecule has 0 aliphatic carbocycles. The van der Waals surface area contributed by atoms with Crippen LogP contribution in [0.2, 0.25) is 0 Å². The van der Waals surface area contributed by atoms with Crippen LogP contribution in [0.15, 0.2) is 18.2 Å². The smallest absolute Gasteiger partial charge is 0.252 e.